The molecule has 0 unspecified atom stereocenters. The minimum atomic E-state index is 0.589. The maximum Gasteiger partial charge on any atom is 0.191 e. The van der Waals surface area contributed by atoms with E-state index in [1.807, 2.05) is 0 Å². The molecule has 2 aromatic rings. The van der Waals surface area contributed by atoms with Crippen molar-refractivity contribution in [3.05, 3.63) is 47.0 Å². The number of aromatic nitrogens is 3. The standard InChI is InChI=1S/C20H30N6/c1-15(2)17-10-8-16(9-11-17)6-4-12-22-20(21-3)23-14-19-25-24-18-7-5-13-26(18)19/h8-11,15H,4-7,12-14H2,1-3H3,(H2,21,22,23). The molecule has 1 aromatic carbocycles. The summed E-state index contributed by atoms with van der Waals surface area (Å²) in [6, 6.07) is 8.97. The van der Waals surface area contributed by atoms with E-state index in [2.05, 4.69) is 68.5 Å². The van der Waals surface area contributed by atoms with Gasteiger partial charge in [0.1, 0.15) is 5.82 Å². The summed E-state index contributed by atoms with van der Waals surface area (Å²) >= 11 is 0. The molecule has 2 heterocycles. The average molecular weight is 355 g/mol. The smallest absolute Gasteiger partial charge is 0.191 e. The number of aryl methyl sites for hydroxylation is 2. The van der Waals surface area contributed by atoms with Crippen LogP contribution in [0.4, 0.5) is 0 Å². The lowest BCUT2D eigenvalue weighted by molar-refractivity contribution is 0.660. The van der Waals surface area contributed by atoms with Crippen LogP contribution in [0.1, 0.15) is 55.4 Å². The minimum absolute atomic E-state index is 0.589. The van der Waals surface area contributed by atoms with Crippen LogP contribution in [-0.4, -0.2) is 34.3 Å². The first kappa shape index (κ1) is 18.4. The molecular weight excluding hydrogens is 324 g/mol. The van der Waals surface area contributed by atoms with E-state index in [0.717, 1.165) is 50.0 Å². The average Bonchev–Trinajstić information content (AvgIpc) is 3.26. The highest BCUT2D eigenvalue weighted by Crippen LogP contribution is 2.15. The van der Waals surface area contributed by atoms with E-state index in [1.165, 1.54) is 17.5 Å². The molecule has 26 heavy (non-hydrogen) atoms. The highest BCUT2D eigenvalue weighted by Gasteiger charge is 2.16. The largest absolute Gasteiger partial charge is 0.356 e. The summed E-state index contributed by atoms with van der Waals surface area (Å²) < 4.78 is 2.21. The van der Waals surface area contributed by atoms with Crippen LogP contribution in [-0.2, 0) is 25.9 Å². The number of aliphatic imine (C=N–C) groups is 1. The third-order valence-corrected chi connectivity index (χ3v) is 4.90. The fraction of sp³-hybridized carbons (Fsp3) is 0.550. The van der Waals surface area contributed by atoms with Crippen molar-refractivity contribution >= 4 is 5.96 Å². The van der Waals surface area contributed by atoms with Crippen LogP contribution in [0.15, 0.2) is 29.3 Å². The van der Waals surface area contributed by atoms with Crippen LogP contribution < -0.4 is 10.6 Å². The van der Waals surface area contributed by atoms with Crippen LogP contribution in [0, 0.1) is 0 Å². The maximum absolute atomic E-state index is 4.29. The van der Waals surface area contributed by atoms with Gasteiger partial charge in [0.05, 0.1) is 6.54 Å². The Hall–Kier alpha value is -2.37. The molecule has 0 radical (unpaired) electrons. The van der Waals surface area contributed by atoms with Gasteiger partial charge in [-0.3, -0.25) is 4.99 Å². The lowest BCUT2D eigenvalue weighted by Gasteiger charge is -2.12. The summed E-state index contributed by atoms with van der Waals surface area (Å²) in [4.78, 5) is 4.29. The Morgan fingerprint density at radius 2 is 2.00 bits per heavy atom. The van der Waals surface area contributed by atoms with Crippen molar-refractivity contribution in [2.75, 3.05) is 13.6 Å². The zero-order valence-corrected chi connectivity index (χ0v) is 16.1. The molecule has 1 aliphatic rings. The predicted octanol–water partition coefficient (Wildman–Crippen LogP) is 2.65. The van der Waals surface area contributed by atoms with E-state index in [-0.39, 0.29) is 0 Å². The molecule has 140 valence electrons. The maximum atomic E-state index is 4.29. The van der Waals surface area contributed by atoms with Crippen molar-refractivity contribution in [1.82, 2.24) is 25.4 Å². The van der Waals surface area contributed by atoms with Crippen molar-refractivity contribution in [3.63, 3.8) is 0 Å². The number of benzene rings is 1. The Morgan fingerprint density at radius 1 is 1.19 bits per heavy atom. The predicted molar refractivity (Wildman–Crippen MR) is 105 cm³/mol. The highest BCUT2D eigenvalue weighted by molar-refractivity contribution is 5.79. The molecule has 0 fully saturated rings. The summed E-state index contributed by atoms with van der Waals surface area (Å²) in [6.45, 7) is 7.03. The van der Waals surface area contributed by atoms with Gasteiger partial charge in [-0.25, -0.2) is 0 Å². The van der Waals surface area contributed by atoms with Gasteiger partial charge in [-0.2, -0.15) is 0 Å². The third-order valence-electron chi connectivity index (χ3n) is 4.90. The van der Waals surface area contributed by atoms with Crippen molar-refractivity contribution in [2.45, 2.75) is 58.5 Å². The SMILES string of the molecule is CN=C(NCCCc1ccc(C(C)C)cc1)NCc1nnc2n1CCC2. The molecule has 6 nitrogen and oxygen atoms in total. The molecule has 0 saturated carbocycles. The fourth-order valence-corrected chi connectivity index (χ4v) is 3.29. The molecule has 0 atom stereocenters. The third kappa shape index (κ3) is 4.62. The lowest BCUT2D eigenvalue weighted by Crippen LogP contribution is -2.38. The molecule has 0 amide bonds. The monoisotopic (exact) mass is 354 g/mol. The number of guanidine groups is 1. The van der Waals surface area contributed by atoms with Gasteiger partial charge in [0.2, 0.25) is 0 Å². The first-order valence-electron chi connectivity index (χ1n) is 9.61. The van der Waals surface area contributed by atoms with Crippen LogP contribution in [0.25, 0.3) is 0 Å². The quantitative estimate of drug-likeness (QED) is 0.456. The van der Waals surface area contributed by atoms with Crippen LogP contribution in [0.2, 0.25) is 0 Å². The molecular formula is C20H30N6. The van der Waals surface area contributed by atoms with E-state index >= 15 is 0 Å². The summed E-state index contributed by atoms with van der Waals surface area (Å²) in [5.41, 5.74) is 2.79. The molecule has 2 N–H and O–H groups in total. The van der Waals surface area contributed by atoms with Crippen molar-refractivity contribution in [2.24, 2.45) is 4.99 Å². The van der Waals surface area contributed by atoms with E-state index in [9.17, 15) is 0 Å². The molecule has 6 heteroatoms. The second kappa shape index (κ2) is 8.83. The minimum Gasteiger partial charge on any atom is -0.356 e. The Balaban J connectivity index is 1.39. The Morgan fingerprint density at radius 3 is 2.73 bits per heavy atom. The molecule has 1 aromatic heterocycles. The van der Waals surface area contributed by atoms with E-state index < -0.39 is 0 Å². The first-order valence-corrected chi connectivity index (χ1v) is 9.61. The number of hydrogen-bond donors (Lipinski definition) is 2. The summed E-state index contributed by atoms with van der Waals surface area (Å²) in [5.74, 6) is 3.50. The number of nitrogens with one attached hydrogen (secondary N) is 2. The Bertz CT molecular complexity index is 729. The number of hydrogen-bond acceptors (Lipinski definition) is 3. The van der Waals surface area contributed by atoms with Gasteiger partial charge < -0.3 is 15.2 Å². The highest BCUT2D eigenvalue weighted by atomic mass is 15.3. The van der Waals surface area contributed by atoms with Gasteiger partial charge in [-0.1, -0.05) is 38.1 Å². The molecule has 3 rings (SSSR count). The van der Waals surface area contributed by atoms with E-state index in [0.29, 0.717) is 12.5 Å². The number of nitrogens with zero attached hydrogens (tertiary/aromatic N) is 4. The van der Waals surface area contributed by atoms with Crippen LogP contribution in [0.5, 0.6) is 0 Å². The normalized spacial score (nSPS) is 13.9. The lowest BCUT2D eigenvalue weighted by atomic mass is 10.0. The van der Waals surface area contributed by atoms with Gasteiger partial charge in [0, 0.05) is 26.6 Å². The van der Waals surface area contributed by atoms with Crippen molar-refractivity contribution < 1.29 is 0 Å². The van der Waals surface area contributed by atoms with Gasteiger partial charge in [-0.15, -0.1) is 10.2 Å². The number of fused-ring (bicyclic) bond motifs is 1. The summed E-state index contributed by atoms with van der Waals surface area (Å²) in [5, 5.41) is 15.2. The molecule has 0 aliphatic carbocycles. The Kier molecular flexibility index (Phi) is 6.26. The molecule has 0 spiro atoms. The second-order valence-corrected chi connectivity index (χ2v) is 7.14. The summed E-state index contributed by atoms with van der Waals surface area (Å²) in [7, 11) is 1.80. The zero-order valence-electron chi connectivity index (χ0n) is 16.1. The fourth-order valence-electron chi connectivity index (χ4n) is 3.29. The van der Waals surface area contributed by atoms with Gasteiger partial charge in [0.15, 0.2) is 11.8 Å². The molecule has 0 bridgehead atoms. The van der Waals surface area contributed by atoms with Crippen LogP contribution >= 0.6 is 0 Å². The van der Waals surface area contributed by atoms with Crippen molar-refractivity contribution in [1.29, 1.82) is 0 Å². The summed E-state index contributed by atoms with van der Waals surface area (Å²) in [6.07, 6.45) is 4.35. The zero-order chi connectivity index (χ0) is 18.4. The van der Waals surface area contributed by atoms with Gasteiger partial charge >= 0.3 is 0 Å². The van der Waals surface area contributed by atoms with Crippen LogP contribution in [0.3, 0.4) is 0 Å². The topological polar surface area (TPSA) is 67.1 Å². The van der Waals surface area contributed by atoms with Gasteiger partial charge in [0.25, 0.3) is 0 Å². The second-order valence-electron chi connectivity index (χ2n) is 7.14. The molecule has 1 aliphatic heterocycles. The Labute approximate surface area is 156 Å². The van der Waals surface area contributed by atoms with Gasteiger partial charge in [-0.05, 0) is 36.3 Å². The van der Waals surface area contributed by atoms with E-state index in [1.54, 1.807) is 7.05 Å². The van der Waals surface area contributed by atoms with Crippen molar-refractivity contribution in [3.8, 4) is 0 Å². The first-order chi connectivity index (χ1) is 12.7. The number of rotatable bonds is 7. The molecule has 0 saturated heterocycles. The van der Waals surface area contributed by atoms with E-state index in [4.69, 9.17) is 0 Å².